The van der Waals surface area contributed by atoms with E-state index < -0.39 is 0 Å². The predicted octanol–water partition coefficient (Wildman–Crippen LogP) is 2.55. The van der Waals surface area contributed by atoms with Gasteiger partial charge in [0.1, 0.15) is 5.82 Å². The molecule has 0 bridgehead atoms. The largest absolute Gasteiger partial charge is 0.341 e. The van der Waals surface area contributed by atoms with Crippen molar-refractivity contribution < 1.29 is 14.0 Å². The van der Waals surface area contributed by atoms with Crippen LogP contribution in [0.15, 0.2) is 24.3 Å². The normalized spacial score (nSPS) is 18.9. The fourth-order valence-corrected chi connectivity index (χ4v) is 3.59. The van der Waals surface area contributed by atoms with Crippen LogP contribution in [0.4, 0.5) is 9.18 Å². The molecule has 1 aliphatic heterocycles. The van der Waals surface area contributed by atoms with Crippen LogP contribution in [0.5, 0.6) is 0 Å². The lowest BCUT2D eigenvalue weighted by atomic mass is 10.1. The summed E-state index contributed by atoms with van der Waals surface area (Å²) in [5, 5.41) is 3.11. The van der Waals surface area contributed by atoms with Crippen LogP contribution in [-0.4, -0.2) is 54.0 Å². The standard InChI is InChI=1S/C19H26FN3O2/c20-16-8-6-15(7-9-16)14-18(24)22-10-3-11-23(13-12-22)19(25)21-17-4-1-2-5-17/h6-9,17H,1-5,10-14H2,(H,21,25). The van der Waals surface area contributed by atoms with Gasteiger partial charge < -0.3 is 15.1 Å². The van der Waals surface area contributed by atoms with Crippen molar-refractivity contribution in [3.63, 3.8) is 0 Å². The Kier molecular flexibility index (Phi) is 5.89. The van der Waals surface area contributed by atoms with Gasteiger partial charge in [-0.2, -0.15) is 0 Å². The third kappa shape index (κ3) is 4.94. The average molecular weight is 347 g/mol. The number of nitrogens with zero attached hydrogens (tertiary/aromatic N) is 2. The Morgan fingerprint density at radius 1 is 0.960 bits per heavy atom. The molecule has 2 fully saturated rings. The highest BCUT2D eigenvalue weighted by Gasteiger charge is 2.24. The summed E-state index contributed by atoms with van der Waals surface area (Å²) in [4.78, 5) is 28.5. The van der Waals surface area contributed by atoms with Crippen molar-refractivity contribution in [3.8, 4) is 0 Å². The van der Waals surface area contributed by atoms with Crippen LogP contribution < -0.4 is 5.32 Å². The second-order valence-electron chi connectivity index (χ2n) is 6.96. The predicted molar refractivity (Wildman–Crippen MR) is 93.7 cm³/mol. The van der Waals surface area contributed by atoms with Crippen LogP contribution >= 0.6 is 0 Å². The summed E-state index contributed by atoms with van der Waals surface area (Å²) in [6.07, 6.45) is 5.58. The summed E-state index contributed by atoms with van der Waals surface area (Å²) in [5.74, 6) is -0.264. The molecule has 0 atom stereocenters. The minimum absolute atomic E-state index is 0.000247. The van der Waals surface area contributed by atoms with E-state index in [4.69, 9.17) is 0 Å². The molecule has 6 heteroatoms. The maximum Gasteiger partial charge on any atom is 0.317 e. The van der Waals surface area contributed by atoms with Crippen LogP contribution in [0, 0.1) is 5.82 Å². The molecule has 1 saturated carbocycles. The van der Waals surface area contributed by atoms with Gasteiger partial charge in [0.2, 0.25) is 5.91 Å². The number of nitrogens with one attached hydrogen (secondary N) is 1. The minimum atomic E-state index is -0.296. The number of halogens is 1. The van der Waals surface area contributed by atoms with Crippen molar-refractivity contribution in [1.82, 2.24) is 15.1 Å². The quantitative estimate of drug-likeness (QED) is 0.914. The van der Waals surface area contributed by atoms with E-state index in [-0.39, 0.29) is 24.2 Å². The molecular weight excluding hydrogens is 321 g/mol. The van der Waals surface area contributed by atoms with Crippen molar-refractivity contribution in [2.75, 3.05) is 26.2 Å². The Hall–Kier alpha value is -2.11. The summed E-state index contributed by atoms with van der Waals surface area (Å²) in [6.45, 7) is 2.46. The SMILES string of the molecule is O=C(Cc1ccc(F)cc1)N1CCCN(C(=O)NC2CCCC2)CC1. The van der Waals surface area contributed by atoms with E-state index in [0.717, 1.165) is 24.8 Å². The van der Waals surface area contributed by atoms with Crippen molar-refractivity contribution in [2.45, 2.75) is 44.6 Å². The number of carbonyl (C=O) groups excluding carboxylic acids is 2. The van der Waals surface area contributed by atoms with E-state index in [1.165, 1.54) is 25.0 Å². The molecule has 1 aromatic carbocycles. The number of amides is 3. The van der Waals surface area contributed by atoms with E-state index >= 15 is 0 Å². The lowest BCUT2D eigenvalue weighted by Crippen LogP contribution is -2.45. The first-order chi connectivity index (χ1) is 12.1. The van der Waals surface area contributed by atoms with Gasteiger partial charge in [-0.3, -0.25) is 4.79 Å². The molecule has 1 aliphatic carbocycles. The highest BCUT2D eigenvalue weighted by atomic mass is 19.1. The number of benzene rings is 1. The highest BCUT2D eigenvalue weighted by Crippen LogP contribution is 2.18. The van der Waals surface area contributed by atoms with E-state index in [2.05, 4.69) is 5.32 Å². The third-order valence-electron chi connectivity index (χ3n) is 5.09. The molecule has 5 nitrogen and oxygen atoms in total. The molecule has 0 radical (unpaired) electrons. The monoisotopic (exact) mass is 347 g/mol. The molecule has 136 valence electrons. The lowest BCUT2D eigenvalue weighted by Gasteiger charge is -2.24. The first-order valence-corrected chi connectivity index (χ1v) is 9.19. The second-order valence-corrected chi connectivity index (χ2v) is 6.96. The summed E-state index contributed by atoms with van der Waals surface area (Å²) < 4.78 is 13.0. The zero-order chi connectivity index (χ0) is 17.6. The fourth-order valence-electron chi connectivity index (χ4n) is 3.59. The van der Waals surface area contributed by atoms with Gasteiger partial charge in [0, 0.05) is 32.2 Å². The van der Waals surface area contributed by atoms with Gasteiger partial charge in [-0.1, -0.05) is 25.0 Å². The van der Waals surface area contributed by atoms with Crippen LogP contribution in [0.25, 0.3) is 0 Å². The van der Waals surface area contributed by atoms with Gasteiger partial charge in [-0.05, 0) is 37.0 Å². The van der Waals surface area contributed by atoms with Crippen molar-refractivity contribution in [2.24, 2.45) is 0 Å². The van der Waals surface area contributed by atoms with Crippen LogP contribution in [0.1, 0.15) is 37.7 Å². The van der Waals surface area contributed by atoms with Crippen LogP contribution in [0.2, 0.25) is 0 Å². The van der Waals surface area contributed by atoms with E-state index in [0.29, 0.717) is 32.2 Å². The molecule has 3 amide bonds. The highest BCUT2D eigenvalue weighted by molar-refractivity contribution is 5.79. The summed E-state index contributed by atoms with van der Waals surface area (Å²) >= 11 is 0. The number of rotatable bonds is 3. The Morgan fingerprint density at radius 3 is 2.32 bits per heavy atom. The van der Waals surface area contributed by atoms with Gasteiger partial charge in [0.15, 0.2) is 0 Å². The Morgan fingerprint density at radius 2 is 1.60 bits per heavy atom. The Balaban J connectivity index is 1.49. The summed E-state index contributed by atoms with van der Waals surface area (Å²) in [5.41, 5.74) is 0.812. The zero-order valence-electron chi connectivity index (χ0n) is 14.5. The molecule has 1 saturated heterocycles. The molecule has 1 N–H and O–H groups in total. The minimum Gasteiger partial charge on any atom is -0.341 e. The third-order valence-corrected chi connectivity index (χ3v) is 5.09. The van der Waals surface area contributed by atoms with Gasteiger partial charge >= 0.3 is 6.03 Å². The maximum absolute atomic E-state index is 13.0. The Labute approximate surface area is 148 Å². The maximum atomic E-state index is 13.0. The van der Waals surface area contributed by atoms with E-state index in [9.17, 15) is 14.0 Å². The molecule has 1 heterocycles. The van der Waals surface area contributed by atoms with Gasteiger partial charge in [0.05, 0.1) is 6.42 Å². The van der Waals surface area contributed by atoms with Crippen molar-refractivity contribution >= 4 is 11.9 Å². The number of hydrogen-bond acceptors (Lipinski definition) is 2. The zero-order valence-corrected chi connectivity index (χ0v) is 14.5. The number of hydrogen-bond donors (Lipinski definition) is 1. The van der Waals surface area contributed by atoms with E-state index in [1.54, 1.807) is 12.1 Å². The van der Waals surface area contributed by atoms with Gasteiger partial charge in [0.25, 0.3) is 0 Å². The van der Waals surface area contributed by atoms with Gasteiger partial charge in [-0.25, -0.2) is 9.18 Å². The van der Waals surface area contributed by atoms with Crippen LogP contribution in [-0.2, 0) is 11.2 Å². The lowest BCUT2D eigenvalue weighted by molar-refractivity contribution is -0.130. The molecule has 0 unspecified atom stereocenters. The smallest absolute Gasteiger partial charge is 0.317 e. The number of urea groups is 1. The van der Waals surface area contributed by atoms with E-state index in [1.807, 2.05) is 9.80 Å². The average Bonchev–Trinajstić information content (AvgIpc) is 2.98. The van der Waals surface area contributed by atoms with Gasteiger partial charge in [-0.15, -0.1) is 0 Å². The first kappa shape index (κ1) is 17.7. The van der Waals surface area contributed by atoms with Crippen molar-refractivity contribution in [1.29, 1.82) is 0 Å². The van der Waals surface area contributed by atoms with Crippen molar-refractivity contribution in [3.05, 3.63) is 35.6 Å². The second kappa shape index (κ2) is 8.32. The molecular formula is C19H26FN3O2. The molecule has 0 aromatic heterocycles. The fraction of sp³-hybridized carbons (Fsp3) is 0.579. The molecule has 2 aliphatic rings. The molecule has 1 aromatic rings. The summed E-state index contributed by atoms with van der Waals surface area (Å²) in [6, 6.07) is 6.35. The first-order valence-electron chi connectivity index (χ1n) is 9.19. The molecule has 25 heavy (non-hydrogen) atoms. The topological polar surface area (TPSA) is 52.7 Å². The number of carbonyl (C=O) groups is 2. The summed E-state index contributed by atoms with van der Waals surface area (Å²) in [7, 11) is 0. The Bertz CT molecular complexity index is 599. The van der Waals surface area contributed by atoms with Crippen LogP contribution in [0.3, 0.4) is 0 Å². The molecule has 3 rings (SSSR count). The molecule has 0 spiro atoms.